The van der Waals surface area contributed by atoms with E-state index >= 15 is 0 Å². The van der Waals surface area contributed by atoms with Crippen LogP contribution in [0.5, 0.6) is 0 Å². The van der Waals surface area contributed by atoms with Crippen LogP contribution in [0.1, 0.15) is 43.5 Å². The number of H-pyrrole nitrogens is 1. The van der Waals surface area contributed by atoms with Crippen LogP contribution in [0.2, 0.25) is 0 Å². The monoisotopic (exact) mass is 413 g/mol. The summed E-state index contributed by atoms with van der Waals surface area (Å²) in [5.41, 5.74) is 1.76. The van der Waals surface area contributed by atoms with Gasteiger partial charge in [0.05, 0.1) is 12.2 Å². The minimum atomic E-state index is -0.220. The Balaban J connectivity index is 0.00000240. The van der Waals surface area contributed by atoms with Crippen LogP contribution in [0.4, 0.5) is 0 Å². The first-order valence-electron chi connectivity index (χ1n) is 9.01. The Kier molecular flexibility index (Phi) is 5.81. The molecule has 1 aliphatic carbocycles. The number of hydrogen-bond acceptors (Lipinski definition) is 4. The minimum Gasteiger partial charge on any atom is -1.00 e. The molecule has 7 nitrogen and oxygen atoms in total. The lowest BCUT2D eigenvalue weighted by Gasteiger charge is -2.12. The fourth-order valence-electron chi connectivity index (χ4n) is 3.72. The predicted octanol–water partition coefficient (Wildman–Crippen LogP) is -1.75. The Morgan fingerprint density at radius 1 is 1.03 bits per heavy atom. The number of nitrogens with zero attached hydrogens (tertiary/aromatic N) is 2. The Labute approximate surface area is 173 Å². The summed E-state index contributed by atoms with van der Waals surface area (Å²) < 4.78 is 8.76. The van der Waals surface area contributed by atoms with Crippen LogP contribution in [0, 0.1) is 6.92 Å². The van der Waals surface area contributed by atoms with Crippen molar-refractivity contribution < 1.29 is 31.3 Å². The van der Waals surface area contributed by atoms with Gasteiger partial charge >= 0.3 is 0 Å². The van der Waals surface area contributed by atoms with Crippen molar-refractivity contribution in [3.8, 4) is 0 Å². The Bertz CT molecular complexity index is 1160. The molecule has 29 heavy (non-hydrogen) atoms. The number of methoxy groups -OCH3 is 1. The zero-order valence-corrected chi connectivity index (χ0v) is 16.8. The number of carbonyl (C=O) groups is 2. The van der Waals surface area contributed by atoms with E-state index < -0.39 is 0 Å². The summed E-state index contributed by atoms with van der Waals surface area (Å²) in [5.74, 6) is 0.321. The summed E-state index contributed by atoms with van der Waals surface area (Å²) in [7, 11) is 1.59. The molecule has 3 aromatic rings. The largest absolute Gasteiger partial charge is 1.00 e. The summed E-state index contributed by atoms with van der Waals surface area (Å²) in [4.78, 5) is 41.3. The minimum absolute atomic E-state index is 0. The van der Waals surface area contributed by atoms with E-state index in [1.165, 1.54) is 0 Å². The van der Waals surface area contributed by atoms with E-state index in [0.717, 1.165) is 5.82 Å². The Morgan fingerprint density at radius 3 is 2.38 bits per heavy atom. The van der Waals surface area contributed by atoms with Gasteiger partial charge in [0, 0.05) is 31.4 Å². The van der Waals surface area contributed by atoms with Crippen molar-refractivity contribution in [2.45, 2.75) is 20.0 Å². The average Bonchev–Trinajstić information content (AvgIpc) is 2.98. The summed E-state index contributed by atoms with van der Waals surface area (Å²) >= 11 is 0. The molecular weight excluding hydrogens is 394 g/mol. The number of hydrogen-bond donors (Lipinski definition) is 1. The molecule has 0 aliphatic heterocycles. The normalized spacial score (nSPS) is 12.3. The summed E-state index contributed by atoms with van der Waals surface area (Å²) in [6.07, 6.45) is 1.56. The van der Waals surface area contributed by atoms with Gasteiger partial charge in [0.25, 0.3) is 11.4 Å². The third-order valence-corrected chi connectivity index (χ3v) is 5.14. The average molecular weight is 414 g/mol. The van der Waals surface area contributed by atoms with Crippen LogP contribution >= 0.6 is 0 Å². The van der Waals surface area contributed by atoms with Crippen LogP contribution in [0.3, 0.4) is 0 Å². The summed E-state index contributed by atoms with van der Waals surface area (Å²) in [6, 6.07) is 10.3. The van der Waals surface area contributed by atoms with Crippen molar-refractivity contribution in [1.82, 2.24) is 9.55 Å². The summed E-state index contributed by atoms with van der Waals surface area (Å²) in [6.45, 7) is 2.88. The number of aromatic amines is 1. The summed E-state index contributed by atoms with van der Waals surface area (Å²) in [5, 5.41) is 0. The highest BCUT2D eigenvalue weighted by Gasteiger charge is 2.42. The van der Waals surface area contributed by atoms with Crippen molar-refractivity contribution in [3.05, 3.63) is 86.9 Å². The van der Waals surface area contributed by atoms with Crippen molar-refractivity contribution >= 4 is 11.6 Å². The Hall–Kier alpha value is -3.03. The fraction of sp³-hybridized carbons (Fsp3) is 0.238. The smallest absolute Gasteiger partial charge is 0.255 e. The van der Waals surface area contributed by atoms with Gasteiger partial charge in [0.15, 0.2) is 0 Å². The molecule has 2 aromatic heterocycles. The molecule has 0 spiro atoms. The van der Waals surface area contributed by atoms with E-state index in [1.54, 1.807) is 54.3 Å². The number of nitrogens with one attached hydrogen (secondary N) is 1. The lowest BCUT2D eigenvalue weighted by molar-refractivity contribution is -0.695. The number of pyridine rings is 1. The second kappa shape index (κ2) is 8.14. The van der Waals surface area contributed by atoms with Crippen LogP contribution < -0.4 is 22.5 Å². The molecule has 0 unspecified atom stereocenters. The van der Waals surface area contributed by atoms with Crippen LogP contribution in [-0.4, -0.2) is 34.8 Å². The van der Waals surface area contributed by atoms with Crippen molar-refractivity contribution in [2.75, 3.05) is 13.7 Å². The van der Waals surface area contributed by atoms with E-state index in [2.05, 4.69) is 4.98 Å². The first-order valence-corrected chi connectivity index (χ1v) is 9.01. The van der Waals surface area contributed by atoms with Gasteiger partial charge in [-0.1, -0.05) is 24.3 Å². The number of ketones is 2. The molecule has 0 atom stereocenters. The SMILES string of the molecule is COCCn1c2c([n+](Cc3ccc[nH]c3=O)c1C)C(=O)c1ccccc1C2=O.[Cl-]. The van der Waals surface area contributed by atoms with Gasteiger partial charge in [-0.05, 0) is 12.1 Å². The van der Waals surface area contributed by atoms with Crippen LogP contribution in [0.25, 0.3) is 0 Å². The van der Waals surface area contributed by atoms with Gasteiger partial charge in [-0.15, -0.1) is 0 Å². The number of halogens is 1. The molecule has 0 radical (unpaired) electrons. The topological polar surface area (TPSA) is 85.0 Å². The molecule has 0 saturated heterocycles. The number of carbonyl (C=O) groups excluding carboxylic acids is 2. The lowest BCUT2D eigenvalue weighted by atomic mass is 9.90. The van der Waals surface area contributed by atoms with Gasteiger partial charge in [0.1, 0.15) is 13.1 Å². The number of aromatic nitrogens is 3. The molecule has 1 aromatic carbocycles. The van der Waals surface area contributed by atoms with Gasteiger partial charge in [0.2, 0.25) is 23.0 Å². The van der Waals surface area contributed by atoms with Crippen molar-refractivity contribution in [3.63, 3.8) is 0 Å². The molecule has 0 saturated carbocycles. The molecule has 0 bridgehead atoms. The molecule has 150 valence electrons. The Morgan fingerprint density at radius 2 is 1.72 bits per heavy atom. The predicted molar refractivity (Wildman–Crippen MR) is 101 cm³/mol. The zero-order valence-electron chi connectivity index (χ0n) is 16.1. The van der Waals surface area contributed by atoms with E-state index in [9.17, 15) is 14.4 Å². The van der Waals surface area contributed by atoms with Gasteiger partial charge in [-0.25, -0.2) is 9.13 Å². The van der Waals surface area contributed by atoms with Crippen molar-refractivity contribution in [1.29, 1.82) is 0 Å². The third-order valence-electron chi connectivity index (χ3n) is 5.14. The van der Waals surface area contributed by atoms with E-state index in [-0.39, 0.29) is 36.1 Å². The van der Waals surface area contributed by atoms with Crippen LogP contribution in [-0.2, 0) is 17.8 Å². The van der Waals surface area contributed by atoms with E-state index in [4.69, 9.17) is 4.74 Å². The number of rotatable bonds is 5. The van der Waals surface area contributed by atoms with Gasteiger partial charge in [-0.2, -0.15) is 0 Å². The third kappa shape index (κ3) is 3.32. The quantitative estimate of drug-likeness (QED) is 0.393. The maximum Gasteiger partial charge on any atom is 0.255 e. The second-order valence-corrected chi connectivity index (χ2v) is 6.70. The maximum absolute atomic E-state index is 13.3. The highest BCUT2D eigenvalue weighted by atomic mass is 35.5. The van der Waals surface area contributed by atoms with Gasteiger partial charge < -0.3 is 22.1 Å². The lowest BCUT2D eigenvalue weighted by Crippen LogP contribution is -3.00. The first kappa shape index (κ1) is 20.7. The number of ether oxygens (including phenoxy) is 1. The first-order chi connectivity index (χ1) is 13.5. The maximum atomic E-state index is 13.3. The van der Waals surface area contributed by atoms with Gasteiger partial charge in [-0.3, -0.25) is 14.4 Å². The van der Waals surface area contributed by atoms with Crippen molar-refractivity contribution in [2.24, 2.45) is 0 Å². The molecule has 0 fully saturated rings. The van der Waals surface area contributed by atoms with E-state index in [1.807, 2.05) is 11.5 Å². The van der Waals surface area contributed by atoms with Crippen LogP contribution in [0.15, 0.2) is 47.4 Å². The fourth-order valence-corrected chi connectivity index (χ4v) is 3.72. The molecule has 0 amide bonds. The molecule has 1 N–H and O–H groups in total. The molecular formula is C21H20ClN3O4. The highest BCUT2D eigenvalue weighted by molar-refractivity contribution is 6.26. The number of imidazole rings is 1. The zero-order chi connectivity index (χ0) is 19.8. The number of benzene rings is 1. The number of fused-ring (bicyclic) bond motifs is 2. The highest BCUT2D eigenvalue weighted by Crippen LogP contribution is 2.27. The molecule has 1 aliphatic rings. The second-order valence-electron chi connectivity index (χ2n) is 6.70. The molecule has 4 rings (SSSR count). The molecule has 2 heterocycles. The molecule has 8 heteroatoms. The standard InChI is InChI=1S/C21H19N3O4.ClH/c1-13-23(10-11-28-2)17-18(24(13)12-14-6-5-9-22-21(14)27)20(26)16-8-4-3-7-15(16)19(17)25;/h3-9H,10-12H2,1-2H3;1H. The van der Waals surface area contributed by atoms with E-state index in [0.29, 0.717) is 41.2 Å².